The lowest BCUT2D eigenvalue weighted by Crippen LogP contribution is -2.44. The summed E-state index contributed by atoms with van der Waals surface area (Å²) in [6.45, 7) is 2.35. The summed E-state index contributed by atoms with van der Waals surface area (Å²) >= 11 is 0. The van der Waals surface area contributed by atoms with Crippen molar-refractivity contribution in [2.75, 3.05) is 6.61 Å². The maximum absolute atomic E-state index is 12.9. The van der Waals surface area contributed by atoms with Crippen molar-refractivity contribution in [3.8, 4) is 0 Å². The monoisotopic (exact) mass is 379 g/mol. The number of ether oxygens (including phenoxy) is 1. The fourth-order valence-corrected chi connectivity index (χ4v) is 4.61. The lowest BCUT2D eigenvalue weighted by Gasteiger charge is -2.27. The third-order valence-corrected chi connectivity index (χ3v) is 6.16. The normalized spacial score (nSPS) is 27.9. The molecule has 0 bridgehead atoms. The van der Waals surface area contributed by atoms with Crippen molar-refractivity contribution in [3.63, 3.8) is 0 Å². The van der Waals surface area contributed by atoms with Crippen molar-refractivity contribution in [2.45, 2.75) is 38.5 Å². The molecule has 5 nitrogen and oxygen atoms in total. The highest BCUT2D eigenvalue weighted by Crippen LogP contribution is 2.64. The van der Waals surface area contributed by atoms with E-state index in [-0.39, 0.29) is 29.2 Å². The van der Waals surface area contributed by atoms with Crippen LogP contribution in [-0.4, -0.2) is 40.6 Å². The Balaban J connectivity index is 1.45. The lowest BCUT2D eigenvalue weighted by atomic mass is 10.0. The number of aliphatic hydroxyl groups excluding tert-OH is 1. The number of carbonyl (C=O) groups excluding carboxylic acids is 2. The van der Waals surface area contributed by atoms with E-state index in [1.165, 1.54) is 11.8 Å². The van der Waals surface area contributed by atoms with Crippen LogP contribution in [0.1, 0.15) is 35.7 Å². The van der Waals surface area contributed by atoms with Crippen LogP contribution in [-0.2, 0) is 16.1 Å². The Morgan fingerprint density at radius 2 is 1.75 bits per heavy atom. The second-order valence-electron chi connectivity index (χ2n) is 7.90. The van der Waals surface area contributed by atoms with Crippen LogP contribution >= 0.6 is 0 Å². The molecule has 4 atom stereocenters. The molecule has 0 spiro atoms. The quantitative estimate of drug-likeness (QED) is 0.838. The number of hydrogen-bond acceptors (Lipinski definition) is 4. The maximum Gasteiger partial charge on any atom is 0.260 e. The number of fused-ring (bicyclic) bond motifs is 1. The van der Waals surface area contributed by atoms with E-state index in [4.69, 9.17) is 4.74 Å². The van der Waals surface area contributed by atoms with E-state index in [1.54, 1.807) is 24.3 Å². The molecule has 0 radical (unpaired) electrons. The van der Waals surface area contributed by atoms with Crippen LogP contribution in [0.4, 0.5) is 0 Å². The van der Waals surface area contributed by atoms with Crippen molar-refractivity contribution >= 4 is 11.8 Å². The van der Waals surface area contributed by atoms with Gasteiger partial charge >= 0.3 is 0 Å². The molecule has 2 amide bonds. The number of amides is 2. The van der Waals surface area contributed by atoms with Gasteiger partial charge in [0.2, 0.25) is 5.91 Å². The van der Waals surface area contributed by atoms with Gasteiger partial charge in [-0.3, -0.25) is 14.5 Å². The van der Waals surface area contributed by atoms with Gasteiger partial charge < -0.3 is 9.84 Å². The highest BCUT2D eigenvalue weighted by Gasteiger charge is 2.68. The van der Waals surface area contributed by atoms with Crippen LogP contribution in [0.5, 0.6) is 0 Å². The minimum absolute atomic E-state index is 0.0924. The van der Waals surface area contributed by atoms with Gasteiger partial charge in [-0.1, -0.05) is 48.5 Å². The molecule has 2 aliphatic carbocycles. The van der Waals surface area contributed by atoms with Crippen molar-refractivity contribution in [1.82, 2.24) is 4.90 Å². The first-order chi connectivity index (χ1) is 13.5. The summed E-state index contributed by atoms with van der Waals surface area (Å²) in [6.07, 6.45) is 0.625. The van der Waals surface area contributed by atoms with Gasteiger partial charge in [-0.25, -0.2) is 0 Å². The molecule has 1 N–H and O–H groups in total. The first-order valence-corrected chi connectivity index (χ1v) is 9.72. The van der Waals surface area contributed by atoms with E-state index in [1.807, 2.05) is 36.4 Å². The average Bonchev–Trinajstić information content (AvgIpc) is 3.38. The van der Waals surface area contributed by atoms with Crippen molar-refractivity contribution in [1.29, 1.82) is 0 Å². The molecule has 2 aromatic rings. The van der Waals surface area contributed by atoms with Crippen LogP contribution in [0.3, 0.4) is 0 Å². The zero-order chi connectivity index (χ0) is 19.7. The van der Waals surface area contributed by atoms with Gasteiger partial charge in [0.1, 0.15) is 0 Å². The van der Waals surface area contributed by atoms with Gasteiger partial charge in [-0.2, -0.15) is 0 Å². The van der Waals surface area contributed by atoms with E-state index in [0.717, 1.165) is 12.0 Å². The number of carbonyl (C=O) groups is 2. The minimum atomic E-state index is -0.566. The number of benzene rings is 2. The smallest absolute Gasteiger partial charge is 0.260 e. The molecule has 2 fully saturated rings. The van der Waals surface area contributed by atoms with E-state index in [0.29, 0.717) is 25.2 Å². The molecule has 4 rings (SSSR count). The van der Waals surface area contributed by atoms with Gasteiger partial charge in [0.15, 0.2) is 0 Å². The predicted molar refractivity (Wildman–Crippen MR) is 104 cm³/mol. The van der Waals surface area contributed by atoms with Gasteiger partial charge in [0, 0.05) is 23.9 Å². The summed E-state index contributed by atoms with van der Waals surface area (Å²) in [5.74, 6) is -0.480. The van der Waals surface area contributed by atoms with Crippen molar-refractivity contribution < 1.29 is 19.4 Å². The average molecular weight is 379 g/mol. The first kappa shape index (κ1) is 18.8. The molecular weight excluding hydrogens is 354 g/mol. The van der Waals surface area contributed by atoms with Gasteiger partial charge in [0.25, 0.3) is 5.91 Å². The van der Waals surface area contributed by atoms with Gasteiger partial charge in [-0.15, -0.1) is 0 Å². The Morgan fingerprint density at radius 3 is 2.36 bits per heavy atom. The Labute approximate surface area is 164 Å². The second-order valence-corrected chi connectivity index (χ2v) is 7.90. The molecule has 0 aliphatic heterocycles. The van der Waals surface area contributed by atoms with Crippen LogP contribution < -0.4 is 0 Å². The van der Waals surface area contributed by atoms with Crippen LogP contribution in [0.15, 0.2) is 60.7 Å². The van der Waals surface area contributed by atoms with Gasteiger partial charge in [0.05, 0.1) is 19.3 Å². The molecule has 146 valence electrons. The summed E-state index contributed by atoms with van der Waals surface area (Å²) in [5.41, 5.74) is 1.24. The van der Waals surface area contributed by atoms with Crippen LogP contribution in [0.25, 0.3) is 0 Å². The van der Waals surface area contributed by atoms with Crippen molar-refractivity contribution in [3.05, 3.63) is 71.8 Å². The maximum atomic E-state index is 12.9. The Bertz CT molecular complexity index is 853. The van der Waals surface area contributed by atoms with E-state index in [9.17, 15) is 14.7 Å². The SMILES string of the molecule is CC(=O)N(C(=O)c1ccccc1)[C@H]1C[C@H](O)[C@]2(COCc3ccccc3)C[C@H]12. The summed E-state index contributed by atoms with van der Waals surface area (Å²) < 4.78 is 5.90. The van der Waals surface area contributed by atoms with E-state index in [2.05, 4.69) is 0 Å². The van der Waals surface area contributed by atoms with Crippen molar-refractivity contribution in [2.24, 2.45) is 11.3 Å². The number of hydrogen-bond donors (Lipinski definition) is 1. The standard InChI is InChI=1S/C23H25NO4/c1-16(25)24(22(27)18-10-6-3-7-11-18)20-12-21(26)23(13-19(20)23)15-28-14-17-8-4-2-5-9-17/h2-11,19-21,26H,12-15H2,1H3/t19-,20+,21+,23+/m1/s1. The van der Waals surface area contributed by atoms with E-state index >= 15 is 0 Å². The number of nitrogens with zero attached hydrogens (tertiary/aromatic N) is 1. The molecule has 2 saturated carbocycles. The lowest BCUT2D eigenvalue weighted by molar-refractivity contribution is -0.128. The molecule has 0 heterocycles. The topological polar surface area (TPSA) is 66.8 Å². The summed E-state index contributed by atoms with van der Waals surface area (Å²) in [4.78, 5) is 26.6. The Morgan fingerprint density at radius 1 is 1.11 bits per heavy atom. The summed E-state index contributed by atoms with van der Waals surface area (Å²) in [7, 11) is 0. The van der Waals surface area contributed by atoms with Crippen LogP contribution in [0, 0.1) is 11.3 Å². The number of aliphatic hydroxyl groups is 1. The van der Waals surface area contributed by atoms with Gasteiger partial charge in [-0.05, 0) is 36.5 Å². The fourth-order valence-electron chi connectivity index (χ4n) is 4.61. The zero-order valence-electron chi connectivity index (χ0n) is 16.0. The Hall–Kier alpha value is -2.50. The third-order valence-electron chi connectivity index (χ3n) is 6.16. The van der Waals surface area contributed by atoms with E-state index < -0.39 is 6.10 Å². The fraction of sp³-hybridized carbons (Fsp3) is 0.391. The zero-order valence-corrected chi connectivity index (χ0v) is 16.0. The highest BCUT2D eigenvalue weighted by atomic mass is 16.5. The molecule has 5 heteroatoms. The first-order valence-electron chi connectivity index (χ1n) is 9.72. The van der Waals surface area contributed by atoms with Crippen LogP contribution in [0.2, 0.25) is 0 Å². The molecule has 2 aliphatic rings. The minimum Gasteiger partial charge on any atom is -0.392 e. The highest BCUT2D eigenvalue weighted by molar-refractivity contribution is 6.04. The molecule has 0 unspecified atom stereocenters. The summed E-state index contributed by atoms with van der Waals surface area (Å²) in [5, 5.41) is 10.7. The Kier molecular flexibility index (Phi) is 5.04. The second kappa shape index (κ2) is 7.49. The number of rotatable bonds is 6. The molecule has 0 aromatic heterocycles. The molecule has 28 heavy (non-hydrogen) atoms. The molecule has 2 aromatic carbocycles. The largest absolute Gasteiger partial charge is 0.392 e. The number of imide groups is 1. The summed E-state index contributed by atoms with van der Waals surface area (Å²) in [6, 6.07) is 18.5. The molecular formula is C23H25NO4. The predicted octanol–water partition coefficient (Wildman–Crippen LogP) is 3.03. The molecule has 0 saturated heterocycles. The third kappa shape index (κ3) is 3.36.